The summed E-state index contributed by atoms with van der Waals surface area (Å²) in [6, 6.07) is 18.7. The third-order valence-corrected chi connectivity index (χ3v) is 6.08. The van der Waals surface area contributed by atoms with Crippen molar-refractivity contribution < 1.29 is 4.42 Å². The summed E-state index contributed by atoms with van der Waals surface area (Å²) in [5, 5.41) is 5.05. The maximum Gasteiger partial charge on any atom is 0.170 e. The van der Waals surface area contributed by atoms with Crippen LogP contribution in [0, 0.1) is 6.92 Å². The van der Waals surface area contributed by atoms with E-state index in [2.05, 4.69) is 66.3 Å². The van der Waals surface area contributed by atoms with Gasteiger partial charge in [-0.1, -0.05) is 35.5 Å². The van der Waals surface area contributed by atoms with Crippen molar-refractivity contribution in [2.75, 3.05) is 0 Å². The Morgan fingerprint density at radius 1 is 1.11 bits per heavy atom. The standard InChI is InChI=1S/C22H23N3OS2/c1-14(2)25-21(20(24-22(25)27)17-6-4-5-13-23-17)18-11-12-19(26-18)28-16-9-7-15(3)8-10-16/h4-14,20-21H,1-3H3,(H,24,27). The van der Waals surface area contributed by atoms with Gasteiger partial charge in [0.1, 0.15) is 11.8 Å². The average Bonchev–Trinajstić information content (AvgIpc) is 3.28. The Morgan fingerprint density at radius 2 is 1.89 bits per heavy atom. The number of hydrogen-bond acceptors (Lipinski definition) is 4. The number of rotatable bonds is 5. The number of pyridine rings is 1. The van der Waals surface area contributed by atoms with Gasteiger partial charge in [-0.05, 0) is 69.4 Å². The van der Waals surface area contributed by atoms with Gasteiger partial charge in [-0.3, -0.25) is 4.98 Å². The van der Waals surface area contributed by atoms with E-state index in [4.69, 9.17) is 16.6 Å². The summed E-state index contributed by atoms with van der Waals surface area (Å²) in [5.41, 5.74) is 2.21. The van der Waals surface area contributed by atoms with Crippen LogP contribution in [0.3, 0.4) is 0 Å². The number of aryl methyl sites for hydroxylation is 1. The molecule has 1 fully saturated rings. The van der Waals surface area contributed by atoms with Crippen LogP contribution in [0.15, 0.2) is 75.2 Å². The quantitative estimate of drug-likeness (QED) is 0.560. The Bertz CT molecular complexity index is 953. The van der Waals surface area contributed by atoms with Gasteiger partial charge in [-0.25, -0.2) is 0 Å². The number of hydrogen-bond donors (Lipinski definition) is 1. The SMILES string of the molecule is Cc1ccc(Sc2ccc(C3C(c4ccccn4)NC(=S)N3C(C)C)o2)cc1. The Kier molecular flexibility index (Phi) is 5.42. The van der Waals surface area contributed by atoms with Gasteiger partial charge in [0.2, 0.25) is 0 Å². The van der Waals surface area contributed by atoms with Crippen molar-refractivity contribution in [3.8, 4) is 0 Å². The third-order valence-electron chi connectivity index (χ3n) is 4.82. The molecule has 1 N–H and O–H groups in total. The zero-order chi connectivity index (χ0) is 19.7. The fourth-order valence-corrected chi connectivity index (χ4v) is 4.73. The normalized spacial score (nSPS) is 19.3. The summed E-state index contributed by atoms with van der Waals surface area (Å²) in [4.78, 5) is 7.91. The van der Waals surface area contributed by atoms with Gasteiger partial charge >= 0.3 is 0 Å². The van der Waals surface area contributed by atoms with E-state index in [1.807, 2.05) is 30.5 Å². The van der Waals surface area contributed by atoms with Crippen molar-refractivity contribution in [2.24, 2.45) is 0 Å². The summed E-state index contributed by atoms with van der Waals surface area (Å²) < 4.78 is 6.28. The second kappa shape index (κ2) is 7.97. The minimum Gasteiger partial charge on any atom is -0.452 e. The van der Waals surface area contributed by atoms with E-state index in [0.29, 0.717) is 0 Å². The summed E-state index contributed by atoms with van der Waals surface area (Å²) in [6.45, 7) is 6.38. The molecule has 3 heterocycles. The molecule has 2 atom stereocenters. The van der Waals surface area contributed by atoms with Gasteiger partial charge in [0.25, 0.3) is 0 Å². The van der Waals surface area contributed by atoms with E-state index in [9.17, 15) is 0 Å². The van der Waals surface area contributed by atoms with Gasteiger partial charge in [0.05, 0.1) is 11.7 Å². The number of nitrogens with one attached hydrogen (secondary N) is 1. The lowest BCUT2D eigenvalue weighted by molar-refractivity contribution is 0.227. The maximum absolute atomic E-state index is 6.28. The fraction of sp³-hybridized carbons (Fsp3) is 0.273. The molecule has 28 heavy (non-hydrogen) atoms. The first-order valence-corrected chi connectivity index (χ1v) is 10.6. The molecule has 0 spiro atoms. The summed E-state index contributed by atoms with van der Waals surface area (Å²) >= 11 is 7.26. The molecule has 2 aromatic heterocycles. The number of aromatic nitrogens is 1. The average molecular weight is 410 g/mol. The second-order valence-electron chi connectivity index (χ2n) is 7.20. The highest BCUT2D eigenvalue weighted by Gasteiger charge is 2.42. The van der Waals surface area contributed by atoms with E-state index in [0.717, 1.165) is 26.6 Å². The van der Waals surface area contributed by atoms with Crippen LogP contribution in [-0.4, -0.2) is 21.0 Å². The van der Waals surface area contributed by atoms with Crippen LogP contribution < -0.4 is 5.32 Å². The highest BCUT2D eigenvalue weighted by atomic mass is 32.2. The molecule has 1 saturated heterocycles. The molecule has 3 aromatic rings. The molecular formula is C22H23N3OS2. The maximum atomic E-state index is 6.28. The van der Waals surface area contributed by atoms with Gasteiger partial charge in [0.15, 0.2) is 10.2 Å². The van der Waals surface area contributed by atoms with Crippen molar-refractivity contribution in [1.82, 2.24) is 15.2 Å². The molecular weight excluding hydrogens is 386 g/mol. The minimum atomic E-state index is -0.0422. The molecule has 1 aliphatic heterocycles. The Labute approximate surface area is 175 Å². The molecule has 0 radical (unpaired) electrons. The van der Waals surface area contributed by atoms with E-state index in [1.165, 1.54) is 5.56 Å². The lowest BCUT2D eigenvalue weighted by Crippen LogP contribution is -2.35. The van der Waals surface area contributed by atoms with Gasteiger partial charge in [-0.15, -0.1) is 0 Å². The highest BCUT2D eigenvalue weighted by molar-refractivity contribution is 7.99. The Hall–Kier alpha value is -2.31. The molecule has 144 valence electrons. The lowest BCUT2D eigenvalue weighted by atomic mass is 10.0. The van der Waals surface area contributed by atoms with E-state index in [-0.39, 0.29) is 18.1 Å². The van der Waals surface area contributed by atoms with Crippen LogP contribution in [0.5, 0.6) is 0 Å². The van der Waals surface area contributed by atoms with Crippen LogP contribution in [0.1, 0.15) is 42.9 Å². The number of furan rings is 1. The predicted molar refractivity (Wildman–Crippen MR) is 116 cm³/mol. The largest absolute Gasteiger partial charge is 0.452 e. The molecule has 0 amide bonds. The molecule has 1 aliphatic rings. The molecule has 0 saturated carbocycles. The Balaban J connectivity index is 1.65. The van der Waals surface area contributed by atoms with Gasteiger partial charge in [0, 0.05) is 17.1 Å². The second-order valence-corrected chi connectivity index (χ2v) is 8.66. The number of benzene rings is 1. The van der Waals surface area contributed by atoms with Crippen molar-refractivity contribution in [1.29, 1.82) is 0 Å². The summed E-state index contributed by atoms with van der Waals surface area (Å²) in [5.74, 6) is 0.895. The fourth-order valence-electron chi connectivity index (χ4n) is 3.50. The molecule has 0 aliphatic carbocycles. The first kappa shape index (κ1) is 19.0. The van der Waals surface area contributed by atoms with Crippen LogP contribution in [0.2, 0.25) is 0 Å². The molecule has 4 rings (SSSR count). The zero-order valence-corrected chi connectivity index (χ0v) is 17.8. The molecule has 1 aromatic carbocycles. The highest BCUT2D eigenvalue weighted by Crippen LogP contribution is 2.42. The van der Waals surface area contributed by atoms with Crippen LogP contribution in [0.25, 0.3) is 0 Å². The van der Waals surface area contributed by atoms with Crippen LogP contribution >= 0.6 is 24.0 Å². The van der Waals surface area contributed by atoms with Crippen molar-refractivity contribution in [3.05, 3.63) is 77.8 Å². The van der Waals surface area contributed by atoms with E-state index < -0.39 is 0 Å². The third kappa shape index (κ3) is 3.80. The molecule has 0 bridgehead atoms. The van der Waals surface area contributed by atoms with E-state index in [1.54, 1.807) is 11.8 Å². The summed E-state index contributed by atoms with van der Waals surface area (Å²) in [7, 11) is 0. The van der Waals surface area contributed by atoms with Gasteiger partial charge in [-0.2, -0.15) is 0 Å². The minimum absolute atomic E-state index is 0.0326. The van der Waals surface area contributed by atoms with Crippen LogP contribution in [-0.2, 0) is 0 Å². The predicted octanol–water partition coefficient (Wildman–Crippen LogP) is 5.52. The van der Waals surface area contributed by atoms with Crippen LogP contribution in [0.4, 0.5) is 0 Å². The molecule has 4 nitrogen and oxygen atoms in total. The van der Waals surface area contributed by atoms with E-state index >= 15 is 0 Å². The smallest absolute Gasteiger partial charge is 0.170 e. The topological polar surface area (TPSA) is 41.3 Å². The van der Waals surface area contributed by atoms with Crippen molar-refractivity contribution in [3.63, 3.8) is 0 Å². The summed E-state index contributed by atoms with van der Waals surface area (Å²) in [6.07, 6.45) is 1.82. The van der Waals surface area contributed by atoms with Crippen molar-refractivity contribution in [2.45, 2.75) is 48.9 Å². The molecule has 6 heteroatoms. The monoisotopic (exact) mass is 409 g/mol. The number of nitrogens with zero attached hydrogens (tertiary/aromatic N) is 2. The number of thiocarbonyl (C=S) groups is 1. The first-order chi connectivity index (χ1) is 13.5. The van der Waals surface area contributed by atoms with Gasteiger partial charge < -0.3 is 14.6 Å². The first-order valence-electron chi connectivity index (χ1n) is 9.37. The van der Waals surface area contributed by atoms with Crippen molar-refractivity contribution >= 4 is 29.1 Å². The lowest BCUT2D eigenvalue weighted by Gasteiger charge is -2.29. The zero-order valence-electron chi connectivity index (χ0n) is 16.1. The molecule has 2 unspecified atom stereocenters. The Morgan fingerprint density at radius 3 is 2.57 bits per heavy atom.